The van der Waals surface area contributed by atoms with Gasteiger partial charge in [0.15, 0.2) is 5.82 Å². The SMILES string of the molecule is CC(C)CNCc1nnnn1C(c1cccs1)C(C)C. The van der Waals surface area contributed by atoms with Crippen molar-refractivity contribution in [1.82, 2.24) is 25.5 Å². The molecule has 0 bridgehead atoms. The Morgan fingerprint density at radius 1 is 1.30 bits per heavy atom. The molecule has 110 valence electrons. The van der Waals surface area contributed by atoms with E-state index in [0.29, 0.717) is 18.4 Å². The van der Waals surface area contributed by atoms with E-state index in [1.54, 1.807) is 11.3 Å². The molecule has 2 rings (SSSR count). The lowest BCUT2D eigenvalue weighted by Crippen LogP contribution is -2.25. The van der Waals surface area contributed by atoms with Gasteiger partial charge in [-0.25, -0.2) is 4.68 Å². The Labute approximate surface area is 124 Å². The highest BCUT2D eigenvalue weighted by atomic mass is 32.1. The molecule has 2 heterocycles. The molecule has 0 amide bonds. The largest absolute Gasteiger partial charge is 0.310 e. The van der Waals surface area contributed by atoms with Gasteiger partial charge < -0.3 is 5.32 Å². The lowest BCUT2D eigenvalue weighted by molar-refractivity contribution is 0.383. The topological polar surface area (TPSA) is 55.6 Å². The molecule has 20 heavy (non-hydrogen) atoms. The molecule has 1 unspecified atom stereocenters. The zero-order valence-corrected chi connectivity index (χ0v) is 13.4. The number of thiophene rings is 1. The molecule has 2 aromatic heterocycles. The van der Waals surface area contributed by atoms with E-state index in [0.717, 1.165) is 12.4 Å². The quantitative estimate of drug-likeness (QED) is 0.853. The molecule has 0 radical (unpaired) electrons. The Hall–Kier alpha value is -1.27. The van der Waals surface area contributed by atoms with Gasteiger partial charge in [-0.15, -0.1) is 16.4 Å². The van der Waals surface area contributed by atoms with Crippen LogP contribution in [0.4, 0.5) is 0 Å². The number of nitrogens with one attached hydrogen (secondary N) is 1. The van der Waals surface area contributed by atoms with E-state index in [-0.39, 0.29) is 6.04 Å². The second kappa shape index (κ2) is 6.95. The van der Waals surface area contributed by atoms with Crippen molar-refractivity contribution in [3.05, 3.63) is 28.2 Å². The van der Waals surface area contributed by atoms with Gasteiger partial charge in [0, 0.05) is 4.88 Å². The van der Waals surface area contributed by atoms with E-state index in [9.17, 15) is 0 Å². The molecule has 1 N–H and O–H groups in total. The maximum Gasteiger partial charge on any atom is 0.165 e. The van der Waals surface area contributed by atoms with Crippen LogP contribution in [0.3, 0.4) is 0 Å². The second-order valence-electron chi connectivity index (χ2n) is 5.77. The zero-order chi connectivity index (χ0) is 14.5. The molecule has 1 atom stereocenters. The van der Waals surface area contributed by atoms with E-state index in [4.69, 9.17) is 0 Å². The normalized spacial score (nSPS) is 13.3. The molecule has 0 saturated carbocycles. The Kier molecular flexibility index (Phi) is 5.25. The van der Waals surface area contributed by atoms with Gasteiger partial charge in [0.25, 0.3) is 0 Å². The summed E-state index contributed by atoms with van der Waals surface area (Å²) in [7, 11) is 0. The number of hydrogen-bond donors (Lipinski definition) is 1. The van der Waals surface area contributed by atoms with Crippen LogP contribution in [0.15, 0.2) is 17.5 Å². The number of aromatic nitrogens is 4. The average Bonchev–Trinajstić information content (AvgIpc) is 3.01. The first-order valence-corrected chi connectivity index (χ1v) is 7.98. The highest BCUT2D eigenvalue weighted by Crippen LogP contribution is 2.29. The summed E-state index contributed by atoms with van der Waals surface area (Å²) in [6.07, 6.45) is 0. The van der Waals surface area contributed by atoms with Crippen LogP contribution in [-0.2, 0) is 6.54 Å². The minimum Gasteiger partial charge on any atom is -0.310 e. The fourth-order valence-electron chi connectivity index (χ4n) is 2.21. The maximum absolute atomic E-state index is 4.21. The summed E-state index contributed by atoms with van der Waals surface area (Å²) < 4.78 is 1.96. The molecular weight excluding hydrogens is 270 g/mol. The lowest BCUT2D eigenvalue weighted by atomic mass is 10.0. The maximum atomic E-state index is 4.21. The van der Waals surface area contributed by atoms with Crippen molar-refractivity contribution < 1.29 is 0 Å². The summed E-state index contributed by atoms with van der Waals surface area (Å²) in [5, 5.41) is 17.8. The summed E-state index contributed by atoms with van der Waals surface area (Å²) in [4.78, 5) is 1.30. The fraction of sp³-hybridized carbons (Fsp3) is 0.643. The minimum absolute atomic E-state index is 0.209. The van der Waals surface area contributed by atoms with Gasteiger partial charge in [0.05, 0.1) is 12.6 Å². The molecule has 0 saturated heterocycles. The third kappa shape index (κ3) is 3.64. The number of tetrazole rings is 1. The summed E-state index contributed by atoms with van der Waals surface area (Å²) in [6, 6.07) is 4.44. The molecule has 0 aliphatic heterocycles. The molecule has 5 nitrogen and oxygen atoms in total. The Balaban J connectivity index is 2.16. The summed E-state index contributed by atoms with van der Waals surface area (Å²) in [5.41, 5.74) is 0. The molecule has 2 aromatic rings. The van der Waals surface area contributed by atoms with Gasteiger partial charge in [-0.2, -0.15) is 0 Å². The first-order chi connectivity index (χ1) is 9.59. The molecule has 0 aliphatic carbocycles. The lowest BCUT2D eigenvalue weighted by Gasteiger charge is -2.21. The van der Waals surface area contributed by atoms with Crippen molar-refractivity contribution in [2.75, 3.05) is 6.54 Å². The minimum atomic E-state index is 0.209. The van der Waals surface area contributed by atoms with E-state index in [1.807, 2.05) is 4.68 Å². The van der Waals surface area contributed by atoms with E-state index < -0.39 is 0 Å². The second-order valence-corrected chi connectivity index (χ2v) is 6.75. The first kappa shape index (κ1) is 15.1. The molecule has 6 heteroatoms. The van der Waals surface area contributed by atoms with Crippen molar-refractivity contribution in [2.24, 2.45) is 11.8 Å². The highest BCUT2D eigenvalue weighted by molar-refractivity contribution is 7.10. The molecule has 0 aliphatic rings. The molecule has 0 spiro atoms. The van der Waals surface area contributed by atoms with Gasteiger partial charge in [-0.1, -0.05) is 33.8 Å². The summed E-state index contributed by atoms with van der Waals surface area (Å²) in [5.74, 6) is 1.97. The van der Waals surface area contributed by atoms with Crippen molar-refractivity contribution in [3.8, 4) is 0 Å². The van der Waals surface area contributed by atoms with Crippen LogP contribution >= 0.6 is 11.3 Å². The van der Waals surface area contributed by atoms with Crippen LogP contribution in [-0.4, -0.2) is 26.8 Å². The van der Waals surface area contributed by atoms with Crippen LogP contribution in [0, 0.1) is 11.8 Å². The predicted molar refractivity (Wildman–Crippen MR) is 81.7 cm³/mol. The predicted octanol–water partition coefficient (Wildman–Crippen LogP) is 2.73. The summed E-state index contributed by atoms with van der Waals surface area (Å²) >= 11 is 1.76. The van der Waals surface area contributed by atoms with Crippen LogP contribution in [0.5, 0.6) is 0 Å². The van der Waals surface area contributed by atoms with Gasteiger partial charge in [-0.05, 0) is 40.3 Å². The van der Waals surface area contributed by atoms with Crippen LogP contribution in [0.2, 0.25) is 0 Å². The van der Waals surface area contributed by atoms with Gasteiger partial charge >= 0.3 is 0 Å². The molecule has 0 fully saturated rings. The van der Waals surface area contributed by atoms with E-state index >= 15 is 0 Å². The van der Waals surface area contributed by atoms with E-state index in [2.05, 4.69) is 66.0 Å². The first-order valence-electron chi connectivity index (χ1n) is 7.10. The fourth-order valence-corrected chi connectivity index (χ4v) is 3.19. The third-order valence-corrected chi connectivity index (χ3v) is 4.07. The van der Waals surface area contributed by atoms with Crippen molar-refractivity contribution in [2.45, 2.75) is 40.3 Å². The Bertz CT molecular complexity index is 503. The van der Waals surface area contributed by atoms with Crippen molar-refractivity contribution in [1.29, 1.82) is 0 Å². The summed E-state index contributed by atoms with van der Waals surface area (Å²) in [6.45, 7) is 10.5. The Morgan fingerprint density at radius 2 is 2.10 bits per heavy atom. The molecule has 0 aromatic carbocycles. The third-order valence-electron chi connectivity index (χ3n) is 3.13. The average molecular weight is 293 g/mol. The van der Waals surface area contributed by atoms with Crippen LogP contribution in [0.1, 0.15) is 44.4 Å². The molecular formula is C14H23N5S. The van der Waals surface area contributed by atoms with Crippen molar-refractivity contribution in [3.63, 3.8) is 0 Å². The van der Waals surface area contributed by atoms with E-state index in [1.165, 1.54) is 4.88 Å². The highest BCUT2D eigenvalue weighted by Gasteiger charge is 2.23. The smallest absolute Gasteiger partial charge is 0.165 e. The van der Waals surface area contributed by atoms with Gasteiger partial charge in [0.2, 0.25) is 0 Å². The van der Waals surface area contributed by atoms with Crippen LogP contribution in [0.25, 0.3) is 0 Å². The monoisotopic (exact) mass is 293 g/mol. The Morgan fingerprint density at radius 3 is 2.70 bits per heavy atom. The number of nitrogens with zero attached hydrogens (tertiary/aromatic N) is 4. The van der Waals surface area contributed by atoms with Crippen LogP contribution < -0.4 is 5.32 Å². The zero-order valence-electron chi connectivity index (χ0n) is 12.6. The number of hydrogen-bond acceptors (Lipinski definition) is 5. The van der Waals surface area contributed by atoms with Gasteiger partial charge in [0.1, 0.15) is 0 Å². The van der Waals surface area contributed by atoms with Gasteiger partial charge in [-0.3, -0.25) is 0 Å². The number of rotatable bonds is 7. The van der Waals surface area contributed by atoms with Crippen molar-refractivity contribution >= 4 is 11.3 Å². The standard InChI is InChI=1S/C14H23N5S/c1-10(2)8-15-9-13-16-17-18-19(13)14(11(3)4)12-6-5-7-20-12/h5-7,10-11,14-15H,8-9H2,1-4H3.